The molecule has 2 heteroatoms. The molecule has 2 aromatic rings. The predicted octanol–water partition coefficient (Wildman–Crippen LogP) is 2.84. The fourth-order valence-corrected chi connectivity index (χ4v) is 1.91. The standard InChI is InChI=1S/C15H16N2/c1-17(11-9-16)10-8-13-6-7-14-4-2-3-5-15(14)12-13/h2-7,12H,8,10-11H2,1H3. The Morgan fingerprint density at radius 3 is 2.65 bits per heavy atom. The summed E-state index contributed by atoms with van der Waals surface area (Å²) >= 11 is 0. The number of likely N-dealkylation sites (N-methyl/N-ethyl adjacent to an activating group) is 1. The van der Waals surface area contributed by atoms with Crippen LogP contribution in [-0.4, -0.2) is 25.0 Å². The van der Waals surface area contributed by atoms with Crippen LogP contribution in [-0.2, 0) is 6.42 Å². The van der Waals surface area contributed by atoms with E-state index in [0.717, 1.165) is 13.0 Å². The Bertz CT molecular complexity index is 540. The van der Waals surface area contributed by atoms with Crippen molar-refractivity contribution in [2.75, 3.05) is 20.1 Å². The average molecular weight is 224 g/mol. The second-order valence-corrected chi connectivity index (χ2v) is 4.33. The fraction of sp³-hybridized carbons (Fsp3) is 0.267. The van der Waals surface area contributed by atoms with Crippen LogP contribution < -0.4 is 0 Å². The molecule has 17 heavy (non-hydrogen) atoms. The molecule has 0 spiro atoms. The molecule has 0 unspecified atom stereocenters. The molecule has 86 valence electrons. The minimum absolute atomic E-state index is 0.494. The Kier molecular flexibility index (Phi) is 3.74. The van der Waals surface area contributed by atoms with Crippen LogP contribution in [0.1, 0.15) is 5.56 Å². The van der Waals surface area contributed by atoms with Crippen LogP contribution in [0.4, 0.5) is 0 Å². The largest absolute Gasteiger partial charge is 0.293 e. The van der Waals surface area contributed by atoms with Gasteiger partial charge < -0.3 is 0 Å². The van der Waals surface area contributed by atoms with Gasteiger partial charge in [0.1, 0.15) is 0 Å². The first-order valence-electron chi connectivity index (χ1n) is 5.83. The van der Waals surface area contributed by atoms with Crippen LogP contribution in [0.5, 0.6) is 0 Å². The van der Waals surface area contributed by atoms with E-state index >= 15 is 0 Å². The molecule has 0 aliphatic heterocycles. The first-order valence-corrected chi connectivity index (χ1v) is 5.83. The van der Waals surface area contributed by atoms with E-state index in [-0.39, 0.29) is 0 Å². The highest BCUT2D eigenvalue weighted by Gasteiger charge is 1.99. The number of hydrogen-bond acceptors (Lipinski definition) is 2. The molecule has 2 rings (SSSR count). The molecule has 0 N–H and O–H groups in total. The van der Waals surface area contributed by atoms with E-state index in [4.69, 9.17) is 5.26 Å². The smallest absolute Gasteiger partial charge is 0.0863 e. The minimum Gasteiger partial charge on any atom is -0.293 e. The van der Waals surface area contributed by atoms with Crippen LogP contribution in [0, 0.1) is 11.3 Å². The number of rotatable bonds is 4. The summed E-state index contributed by atoms with van der Waals surface area (Å²) in [5.74, 6) is 0. The van der Waals surface area contributed by atoms with E-state index in [2.05, 4.69) is 48.5 Å². The lowest BCUT2D eigenvalue weighted by Crippen LogP contribution is -2.21. The molecule has 0 bridgehead atoms. The molecule has 0 saturated heterocycles. The third-order valence-corrected chi connectivity index (χ3v) is 2.94. The van der Waals surface area contributed by atoms with Gasteiger partial charge in [0.05, 0.1) is 12.6 Å². The maximum Gasteiger partial charge on any atom is 0.0863 e. The van der Waals surface area contributed by atoms with Gasteiger partial charge in [-0.25, -0.2) is 0 Å². The van der Waals surface area contributed by atoms with Crippen LogP contribution in [0.15, 0.2) is 42.5 Å². The van der Waals surface area contributed by atoms with Crippen molar-refractivity contribution >= 4 is 10.8 Å². The molecular formula is C15H16N2. The zero-order valence-electron chi connectivity index (χ0n) is 10.1. The maximum absolute atomic E-state index is 8.58. The van der Waals surface area contributed by atoms with E-state index in [0.29, 0.717) is 6.54 Å². The highest BCUT2D eigenvalue weighted by atomic mass is 15.1. The van der Waals surface area contributed by atoms with Gasteiger partial charge in [-0.3, -0.25) is 4.90 Å². The zero-order valence-corrected chi connectivity index (χ0v) is 10.1. The van der Waals surface area contributed by atoms with E-state index in [1.165, 1.54) is 16.3 Å². The number of hydrogen-bond donors (Lipinski definition) is 0. The van der Waals surface area contributed by atoms with Crippen LogP contribution in [0.2, 0.25) is 0 Å². The van der Waals surface area contributed by atoms with Crippen molar-refractivity contribution in [1.29, 1.82) is 5.26 Å². The van der Waals surface area contributed by atoms with Crippen LogP contribution >= 0.6 is 0 Å². The summed E-state index contributed by atoms with van der Waals surface area (Å²) in [5.41, 5.74) is 1.33. The van der Waals surface area contributed by atoms with Crippen molar-refractivity contribution in [1.82, 2.24) is 4.90 Å². The van der Waals surface area contributed by atoms with Crippen molar-refractivity contribution in [3.8, 4) is 6.07 Å². The van der Waals surface area contributed by atoms with E-state index in [9.17, 15) is 0 Å². The Hall–Kier alpha value is -1.85. The van der Waals surface area contributed by atoms with E-state index < -0.39 is 0 Å². The lowest BCUT2D eigenvalue weighted by molar-refractivity contribution is 0.379. The molecule has 2 aromatic carbocycles. The van der Waals surface area contributed by atoms with Crippen LogP contribution in [0.25, 0.3) is 10.8 Å². The van der Waals surface area contributed by atoms with E-state index in [1.54, 1.807) is 0 Å². The molecule has 0 atom stereocenters. The maximum atomic E-state index is 8.58. The van der Waals surface area contributed by atoms with Gasteiger partial charge >= 0.3 is 0 Å². The monoisotopic (exact) mass is 224 g/mol. The first-order chi connectivity index (χ1) is 8.29. The summed E-state index contributed by atoms with van der Waals surface area (Å²) < 4.78 is 0. The summed E-state index contributed by atoms with van der Waals surface area (Å²) in [6.45, 7) is 1.42. The molecule has 0 aliphatic carbocycles. The highest BCUT2D eigenvalue weighted by Crippen LogP contribution is 2.15. The fourth-order valence-electron chi connectivity index (χ4n) is 1.91. The molecular weight excluding hydrogens is 208 g/mol. The van der Waals surface area contributed by atoms with Gasteiger partial charge in [-0.15, -0.1) is 0 Å². The number of fused-ring (bicyclic) bond motifs is 1. The van der Waals surface area contributed by atoms with Gasteiger partial charge in [0.15, 0.2) is 0 Å². The van der Waals surface area contributed by atoms with Crippen molar-refractivity contribution in [3.63, 3.8) is 0 Å². The first kappa shape index (κ1) is 11.6. The molecule has 0 aliphatic rings. The topological polar surface area (TPSA) is 27.0 Å². The second kappa shape index (κ2) is 5.47. The third kappa shape index (κ3) is 3.05. The lowest BCUT2D eigenvalue weighted by Gasteiger charge is -2.12. The molecule has 0 amide bonds. The number of nitrogens with zero attached hydrogens (tertiary/aromatic N) is 2. The molecule has 0 heterocycles. The third-order valence-electron chi connectivity index (χ3n) is 2.94. The van der Waals surface area contributed by atoms with Crippen LogP contribution in [0.3, 0.4) is 0 Å². The molecule has 2 nitrogen and oxygen atoms in total. The Balaban J connectivity index is 2.07. The van der Waals surface area contributed by atoms with Crippen molar-refractivity contribution in [3.05, 3.63) is 48.0 Å². The molecule has 0 fully saturated rings. The van der Waals surface area contributed by atoms with Gasteiger partial charge in [-0.2, -0.15) is 5.26 Å². The summed E-state index contributed by atoms with van der Waals surface area (Å²) in [7, 11) is 1.98. The molecule has 0 saturated carbocycles. The number of nitriles is 1. The highest BCUT2D eigenvalue weighted by molar-refractivity contribution is 5.82. The summed E-state index contributed by atoms with van der Waals surface area (Å²) in [6, 6.07) is 17.1. The predicted molar refractivity (Wildman–Crippen MR) is 70.8 cm³/mol. The van der Waals surface area contributed by atoms with Crippen molar-refractivity contribution in [2.24, 2.45) is 0 Å². The van der Waals surface area contributed by atoms with Gasteiger partial charge in [0.25, 0.3) is 0 Å². The Morgan fingerprint density at radius 2 is 1.88 bits per heavy atom. The lowest BCUT2D eigenvalue weighted by atomic mass is 10.1. The second-order valence-electron chi connectivity index (χ2n) is 4.33. The summed E-state index contributed by atoms with van der Waals surface area (Å²) in [5, 5.41) is 11.1. The SMILES string of the molecule is CN(CC#N)CCc1ccc2ccccc2c1. The normalized spacial score (nSPS) is 10.6. The zero-order chi connectivity index (χ0) is 12.1. The van der Waals surface area contributed by atoms with Gasteiger partial charge in [-0.1, -0.05) is 42.5 Å². The van der Waals surface area contributed by atoms with Gasteiger partial charge in [0, 0.05) is 6.54 Å². The van der Waals surface area contributed by atoms with Gasteiger partial charge in [0.2, 0.25) is 0 Å². The van der Waals surface area contributed by atoms with Crippen molar-refractivity contribution < 1.29 is 0 Å². The van der Waals surface area contributed by atoms with Crippen molar-refractivity contribution in [2.45, 2.75) is 6.42 Å². The van der Waals surface area contributed by atoms with E-state index in [1.807, 2.05) is 11.9 Å². The van der Waals surface area contributed by atoms with Gasteiger partial charge in [-0.05, 0) is 29.8 Å². The Labute approximate surface area is 102 Å². The minimum atomic E-state index is 0.494. The Morgan fingerprint density at radius 1 is 1.12 bits per heavy atom. The molecule has 0 radical (unpaired) electrons. The average Bonchev–Trinajstić information content (AvgIpc) is 2.36. The summed E-state index contributed by atoms with van der Waals surface area (Å²) in [6.07, 6.45) is 0.989. The molecule has 0 aromatic heterocycles. The quantitative estimate of drug-likeness (QED) is 0.747. The summed E-state index contributed by atoms with van der Waals surface area (Å²) in [4.78, 5) is 2.04. The number of benzene rings is 2.